The van der Waals surface area contributed by atoms with E-state index in [1.54, 1.807) is 20.2 Å². The van der Waals surface area contributed by atoms with Crippen LogP contribution >= 0.6 is 0 Å². The van der Waals surface area contributed by atoms with Crippen molar-refractivity contribution in [2.24, 2.45) is 13.0 Å². The van der Waals surface area contributed by atoms with Crippen molar-refractivity contribution in [2.45, 2.75) is 31.5 Å². The van der Waals surface area contributed by atoms with Crippen LogP contribution in [-0.2, 0) is 7.05 Å². The van der Waals surface area contributed by atoms with Gasteiger partial charge >= 0.3 is 6.18 Å². The second-order valence-electron chi connectivity index (χ2n) is 7.72. The number of rotatable bonds is 7. The molecule has 0 saturated heterocycles. The molecular formula is C21H22F3N5O3. The molecule has 3 atom stereocenters. The highest BCUT2D eigenvalue weighted by Gasteiger charge is 2.43. The molecule has 1 aliphatic rings. The van der Waals surface area contributed by atoms with Crippen LogP contribution in [-0.4, -0.2) is 49.7 Å². The van der Waals surface area contributed by atoms with Gasteiger partial charge in [-0.3, -0.25) is 9.67 Å². The monoisotopic (exact) mass is 449 g/mol. The number of halogens is 3. The normalized spacial score (nSPS) is 19.0. The van der Waals surface area contributed by atoms with Crippen LogP contribution < -0.4 is 9.47 Å². The summed E-state index contributed by atoms with van der Waals surface area (Å²) in [7, 11) is 3.05. The van der Waals surface area contributed by atoms with Gasteiger partial charge in [-0.1, -0.05) is 0 Å². The standard InChI is InChI=1S/C21H22F3N5O3/c1-11-25-8-15(16-9-29(2)28-18(16)19(30)21(22,23)24)20(27-11)32-10-12-6-14(12)17-5-4-13(31-3)7-26-17/h4-5,7-9,12,14,19,30H,6,10H2,1-3H3/t12?,14-,19?/m1/s1. The lowest BCUT2D eigenvalue weighted by Gasteiger charge is -2.15. The van der Waals surface area contributed by atoms with Gasteiger partial charge in [-0.15, -0.1) is 0 Å². The van der Waals surface area contributed by atoms with Gasteiger partial charge in [0.2, 0.25) is 5.88 Å². The highest BCUT2D eigenvalue weighted by molar-refractivity contribution is 5.70. The molecule has 0 bridgehead atoms. The Hall–Kier alpha value is -3.21. The fourth-order valence-corrected chi connectivity index (χ4v) is 3.53. The van der Waals surface area contributed by atoms with Gasteiger partial charge in [0.1, 0.15) is 17.3 Å². The predicted octanol–water partition coefficient (Wildman–Crippen LogP) is 3.37. The van der Waals surface area contributed by atoms with Crippen molar-refractivity contribution in [3.05, 3.63) is 47.9 Å². The number of alkyl halides is 3. The Kier molecular flexibility index (Phi) is 5.76. The fraction of sp³-hybridized carbons (Fsp3) is 0.429. The average molecular weight is 449 g/mol. The lowest BCUT2D eigenvalue weighted by molar-refractivity contribution is -0.207. The molecule has 0 radical (unpaired) electrons. The van der Waals surface area contributed by atoms with E-state index in [2.05, 4.69) is 20.1 Å². The first-order valence-corrected chi connectivity index (χ1v) is 9.92. The quantitative estimate of drug-likeness (QED) is 0.591. The lowest BCUT2D eigenvalue weighted by Crippen LogP contribution is -2.21. The first-order chi connectivity index (χ1) is 15.2. The summed E-state index contributed by atoms with van der Waals surface area (Å²) in [6.45, 7) is 1.98. The summed E-state index contributed by atoms with van der Waals surface area (Å²) >= 11 is 0. The highest BCUT2D eigenvalue weighted by atomic mass is 19.4. The van der Waals surface area contributed by atoms with Gasteiger partial charge in [0.05, 0.1) is 25.5 Å². The summed E-state index contributed by atoms with van der Waals surface area (Å²) in [6, 6.07) is 3.75. The molecule has 3 heterocycles. The second-order valence-corrected chi connectivity index (χ2v) is 7.72. The van der Waals surface area contributed by atoms with Crippen LogP contribution in [0.25, 0.3) is 11.1 Å². The summed E-state index contributed by atoms with van der Waals surface area (Å²) in [5.74, 6) is 1.67. The van der Waals surface area contributed by atoms with Crippen molar-refractivity contribution in [3.63, 3.8) is 0 Å². The van der Waals surface area contributed by atoms with Gasteiger partial charge < -0.3 is 14.6 Å². The number of aliphatic hydroxyl groups excluding tert-OH is 1. The molecule has 3 aromatic rings. The van der Waals surface area contributed by atoms with Crippen molar-refractivity contribution in [3.8, 4) is 22.8 Å². The number of hydrogen-bond acceptors (Lipinski definition) is 7. The molecule has 1 aliphatic carbocycles. The molecule has 1 fully saturated rings. The molecule has 0 spiro atoms. The Morgan fingerprint density at radius 2 is 2.00 bits per heavy atom. The van der Waals surface area contributed by atoms with E-state index in [0.717, 1.165) is 12.1 Å². The zero-order valence-electron chi connectivity index (χ0n) is 17.7. The third-order valence-electron chi connectivity index (χ3n) is 5.32. The summed E-state index contributed by atoms with van der Waals surface area (Å²) < 4.78 is 51.7. The number of methoxy groups -OCH3 is 1. The number of nitrogens with zero attached hydrogens (tertiary/aromatic N) is 5. The van der Waals surface area contributed by atoms with Gasteiger partial charge in [0.25, 0.3) is 0 Å². The van der Waals surface area contributed by atoms with Crippen LogP contribution in [0.3, 0.4) is 0 Å². The molecule has 32 heavy (non-hydrogen) atoms. The number of aromatic nitrogens is 5. The number of aliphatic hydroxyl groups is 1. The van der Waals surface area contributed by atoms with Crippen LogP contribution in [0.5, 0.6) is 11.6 Å². The minimum Gasteiger partial charge on any atom is -0.495 e. The van der Waals surface area contributed by atoms with E-state index >= 15 is 0 Å². The molecule has 3 aromatic heterocycles. The molecule has 0 aliphatic heterocycles. The zero-order valence-corrected chi connectivity index (χ0v) is 17.7. The minimum absolute atomic E-state index is 0.0662. The maximum Gasteiger partial charge on any atom is 0.420 e. The smallest absolute Gasteiger partial charge is 0.420 e. The largest absolute Gasteiger partial charge is 0.495 e. The topological polar surface area (TPSA) is 95.2 Å². The Balaban J connectivity index is 1.54. The Morgan fingerprint density at radius 3 is 2.66 bits per heavy atom. The Bertz CT molecular complexity index is 1100. The number of aryl methyl sites for hydroxylation is 2. The minimum atomic E-state index is -4.86. The molecule has 1 N–H and O–H groups in total. The van der Waals surface area contributed by atoms with Crippen LogP contribution in [0, 0.1) is 12.8 Å². The second kappa shape index (κ2) is 8.38. The van der Waals surface area contributed by atoms with Gasteiger partial charge in [0.15, 0.2) is 6.10 Å². The number of hydrogen-bond donors (Lipinski definition) is 1. The number of ether oxygens (including phenoxy) is 2. The fourth-order valence-electron chi connectivity index (χ4n) is 3.53. The van der Waals surface area contributed by atoms with E-state index in [0.29, 0.717) is 18.2 Å². The number of pyridine rings is 1. The third kappa shape index (κ3) is 4.52. The van der Waals surface area contributed by atoms with Crippen molar-refractivity contribution >= 4 is 0 Å². The van der Waals surface area contributed by atoms with E-state index in [1.165, 1.54) is 24.1 Å². The SMILES string of the molecule is COc1ccc([C@@H]2CC2COc2nc(C)ncc2-c2cn(C)nc2C(O)C(F)(F)F)nc1. The van der Waals surface area contributed by atoms with Gasteiger partial charge in [0, 0.05) is 42.5 Å². The first-order valence-electron chi connectivity index (χ1n) is 9.92. The summed E-state index contributed by atoms with van der Waals surface area (Å²) in [4.78, 5) is 12.8. The van der Waals surface area contributed by atoms with Gasteiger partial charge in [-0.05, 0) is 25.5 Å². The molecule has 170 valence electrons. The van der Waals surface area contributed by atoms with E-state index in [1.807, 2.05) is 12.1 Å². The summed E-state index contributed by atoms with van der Waals surface area (Å²) in [5, 5.41) is 13.6. The van der Waals surface area contributed by atoms with Crippen LogP contribution in [0.1, 0.15) is 35.7 Å². The molecule has 0 aromatic carbocycles. The van der Waals surface area contributed by atoms with E-state index < -0.39 is 18.0 Å². The van der Waals surface area contributed by atoms with Crippen LogP contribution in [0.2, 0.25) is 0 Å². The Morgan fingerprint density at radius 1 is 1.22 bits per heavy atom. The van der Waals surface area contributed by atoms with Gasteiger partial charge in [-0.25, -0.2) is 4.98 Å². The van der Waals surface area contributed by atoms with Crippen LogP contribution in [0.4, 0.5) is 13.2 Å². The van der Waals surface area contributed by atoms with Crippen LogP contribution in [0.15, 0.2) is 30.7 Å². The summed E-state index contributed by atoms with van der Waals surface area (Å²) in [5.41, 5.74) is 0.712. The van der Waals surface area contributed by atoms with E-state index in [9.17, 15) is 18.3 Å². The highest BCUT2D eigenvalue weighted by Crippen LogP contribution is 2.47. The molecule has 0 amide bonds. The van der Waals surface area contributed by atoms with Crippen molar-refractivity contribution in [1.29, 1.82) is 0 Å². The average Bonchev–Trinajstić information content (AvgIpc) is 3.44. The van der Waals surface area contributed by atoms with Crippen molar-refractivity contribution in [2.75, 3.05) is 13.7 Å². The molecular weight excluding hydrogens is 427 g/mol. The maximum atomic E-state index is 13.1. The van der Waals surface area contributed by atoms with Crippen molar-refractivity contribution < 1.29 is 27.8 Å². The molecule has 8 nitrogen and oxygen atoms in total. The Labute approximate surface area is 182 Å². The molecule has 4 rings (SSSR count). The molecule has 11 heteroatoms. The van der Waals surface area contributed by atoms with E-state index in [-0.39, 0.29) is 28.8 Å². The first kappa shape index (κ1) is 22.0. The zero-order chi connectivity index (χ0) is 23.0. The third-order valence-corrected chi connectivity index (χ3v) is 5.32. The van der Waals surface area contributed by atoms with E-state index in [4.69, 9.17) is 9.47 Å². The lowest BCUT2D eigenvalue weighted by atomic mass is 10.1. The molecule has 2 unspecified atom stereocenters. The summed E-state index contributed by atoms with van der Waals surface area (Å²) in [6.07, 6.45) is -2.29. The van der Waals surface area contributed by atoms with Gasteiger partial charge in [-0.2, -0.15) is 23.3 Å². The molecule has 1 saturated carbocycles. The predicted molar refractivity (Wildman–Crippen MR) is 107 cm³/mol. The maximum absolute atomic E-state index is 13.1. The van der Waals surface area contributed by atoms with Crippen molar-refractivity contribution in [1.82, 2.24) is 24.7 Å².